The molecule has 0 aliphatic carbocycles. The number of halogens is 3. The first-order valence-corrected chi connectivity index (χ1v) is 6.35. The van der Waals surface area contributed by atoms with Gasteiger partial charge in [0.05, 0.1) is 15.4 Å². The highest BCUT2D eigenvalue weighted by Gasteiger charge is 2.11. The summed E-state index contributed by atoms with van der Waals surface area (Å²) in [7, 11) is 0. The van der Waals surface area contributed by atoms with E-state index in [4.69, 9.17) is 34.8 Å². The van der Waals surface area contributed by atoms with Crippen LogP contribution in [-0.4, -0.2) is 4.98 Å². The highest BCUT2D eigenvalue weighted by molar-refractivity contribution is 6.42. The Balaban J connectivity index is 2.14. The maximum Gasteiger partial charge on any atom is 0.0641 e. The minimum Gasteiger partial charge on any atom is -0.261 e. The molecule has 1 heterocycles. The fourth-order valence-corrected chi connectivity index (χ4v) is 2.13. The van der Waals surface area contributed by atoms with Crippen LogP contribution in [0.5, 0.6) is 0 Å². The van der Waals surface area contributed by atoms with Gasteiger partial charge < -0.3 is 0 Å². The smallest absolute Gasteiger partial charge is 0.0641 e. The highest BCUT2D eigenvalue weighted by atomic mass is 35.5. The Labute approximate surface area is 115 Å². The molecule has 4 heteroatoms. The van der Waals surface area contributed by atoms with Gasteiger partial charge in [-0.25, -0.2) is 0 Å². The van der Waals surface area contributed by atoms with Gasteiger partial charge in [0.1, 0.15) is 0 Å². The zero-order valence-electron chi connectivity index (χ0n) is 8.91. The standard InChI is InChI=1S/C13H10Cl3N/c14-11-5-4-9(7-13(11)16)12(15)8-10-3-1-2-6-17-10/h1-7,12H,8H2. The van der Waals surface area contributed by atoms with Crippen LogP contribution in [0.1, 0.15) is 16.6 Å². The van der Waals surface area contributed by atoms with E-state index in [0.29, 0.717) is 16.5 Å². The molecule has 0 amide bonds. The van der Waals surface area contributed by atoms with Crippen LogP contribution in [0.15, 0.2) is 42.6 Å². The highest BCUT2D eigenvalue weighted by Crippen LogP contribution is 2.30. The SMILES string of the molecule is Clc1ccc(C(Cl)Cc2ccccn2)cc1Cl. The number of benzene rings is 1. The van der Waals surface area contributed by atoms with Crippen LogP contribution in [0, 0.1) is 0 Å². The second-order valence-corrected chi connectivity index (χ2v) is 5.01. The minimum absolute atomic E-state index is 0.153. The van der Waals surface area contributed by atoms with Crippen molar-refractivity contribution in [3.05, 3.63) is 63.9 Å². The number of nitrogens with zero attached hydrogens (tertiary/aromatic N) is 1. The molecule has 1 unspecified atom stereocenters. The van der Waals surface area contributed by atoms with Gasteiger partial charge in [0.25, 0.3) is 0 Å². The van der Waals surface area contributed by atoms with Crippen LogP contribution >= 0.6 is 34.8 Å². The average Bonchev–Trinajstić information content (AvgIpc) is 2.34. The first kappa shape index (κ1) is 12.7. The molecular formula is C13H10Cl3N. The summed E-state index contributed by atoms with van der Waals surface area (Å²) in [6.07, 6.45) is 2.42. The quantitative estimate of drug-likeness (QED) is 0.731. The van der Waals surface area contributed by atoms with E-state index >= 15 is 0 Å². The van der Waals surface area contributed by atoms with Gasteiger partial charge in [-0.1, -0.05) is 35.3 Å². The fourth-order valence-electron chi connectivity index (χ4n) is 1.53. The second kappa shape index (κ2) is 5.72. The topological polar surface area (TPSA) is 12.9 Å². The molecule has 2 aromatic rings. The molecule has 0 fully saturated rings. The lowest BCUT2D eigenvalue weighted by Gasteiger charge is -2.10. The van der Waals surface area contributed by atoms with E-state index in [1.165, 1.54) is 0 Å². The van der Waals surface area contributed by atoms with E-state index in [0.717, 1.165) is 11.3 Å². The maximum absolute atomic E-state index is 6.32. The van der Waals surface area contributed by atoms with Crippen LogP contribution in [0.4, 0.5) is 0 Å². The summed E-state index contributed by atoms with van der Waals surface area (Å²) in [5, 5.41) is 0.910. The lowest BCUT2D eigenvalue weighted by molar-refractivity contribution is 0.881. The number of rotatable bonds is 3. The molecule has 0 saturated heterocycles. The lowest BCUT2D eigenvalue weighted by Crippen LogP contribution is -1.97. The molecule has 17 heavy (non-hydrogen) atoms. The average molecular weight is 287 g/mol. The molecule has 2 rings (SSSR count). The molecule has 1 atom stereocenters. The second-order valence-electron chi connectivity index (χ2n) is 3.67. The normalized spacial score (nSPS) is 12.4. The molecular weight excluding hydrogens is 277 g/mol. The maximum atomic E-state index is 6.32. The van der Waals surface area contributed by atoms with Crippen molar-refractivity contribution in [3.63, 3.8) is 0 Å². The molecule has 1 aromatic carbocycles. The Morgan fingerprint density at radius 3 is 2.53 bits per heavy atom. The predicted molar refractivity (Wildman–Crippen MR) is 73.0 cm³/mol. The molecule has 0 saturated carbocycles. The van der Waals surface area contributed by atoms with Crippen molar-refractivity contribution in [3.8, 4) is 0 Å². The van der Waals surface area contributed by atoms with Gasteiger partial charge in [-0.3, -0.25) is 4.98 Å². The molecule has 0 spiro atoms. The summed E-state index contributed by atoms with van der Waals surface area (Å²) >= 11 is 18.1. The van der Waals surface area contributed by atoms with Gasteiger partial charge in [-0.05, 0) is 29.8 Å². The van der Waals surface area contributed by atoms with Crippen molar-refractivity contribution in [2.24, 2.45) is 0 Å². The number of pyridine rings is 1. The Morgan fingerprint density at radius 1 is 1.06 bits per heavy atom. The fraction of sp³-hybridized carbons (Fsp3) is 0.154. The third-order valence-corrected chi connectivity index (χ3v) is 3.57. The van der Waals surface area contributed by atoms with Crippen molar-refractivity contribution in [1.82, 2.24) is 4.98 Å². The monoisotopic (exact) mass is 285 g/mol. The van der Waals surface area contributed by atoms with Crippen LogP contribution < -0.4 is 0 Å². The minimum atomic E-state index is -0.153. The zero-order valence-corrected chi connectivity index (χ0v) is 11.2. The van der Waals surface area contributed by atoms with E-state index in [2.05, 4.69) is 4.98 Å². The van der Waals surface area contributed by atoms with Gasteiger partial charge in [-0.15, -0.1) is 11.6 Å². The number of hydrogen-bond acceptors (Lipinski definition) is 1. The van der Waals surface area contributed by atoms with Crippen LogP contribution in [0.3, 0.4) is 0 Å². The summed E-state index contributed by atoms with van der Waals surface area (Å²) in [4.78, 5) is 4.24. The summed E-state index contributed by atoms with van der Waals surface area (Å²) < 4.78 is 0. The Hall–Kier alpha value is -0.760. The lowest BCUT2D eigenvalue weighted by atomic mass is 10.1. The van der Waals surface area contributed by atoms with Gasteiger partial charge in [0.2, 0.25) is 0 Å². The summed E-state index contributed by atoms with van der Waals surface area (Å²) in [5.74, 6) is 0. The Morgan fingerprint density at radius 2 is 1.88 bits per heavy atom. The summed E-state index contributed by atoms with van der Waals surface area (Å²) in [6.45, 7) is 0. The third kappa shape index (κ3) is 3.35. The number of hydrogen-bond donors (Lipinski definition) is 0. The summed E-state index contributed by atoms with van der Waals surface area (Å²) in [5.41, 5.74) is 1.91. The zero-order chi connectivity index (χ0) is 12.3. The molecule has 0 aliphatic rings. The van der Waals surface area contributed by atoms with E-state index in [-0.39, 0.29) is 5.38 Å². The first-order valence-electron chi connectivity index (χ1n) is 5.16. The molecule has 1 aromatic heterocycles. The molecule has 1 nitrogen and oxygen atoms in total. The third-order valence-electron chi connectivity index (χ3n) is 2.42. The van der Waals surface area contributed by atoms with Gasteiger partial charge >= 0.3 is 0 Å². The van der Waals surface area contributed by atoms with Gasteiger partial charge in [-0.2, -0.15) is 0 Å². The molecule has 0 aliphatic heterocycles. The van der Waals surface area contributed by atoms with E-state index < -0.39 is 0 Å². The van der Waals surface area contributed by atoms with Crippen molar-refractivity contribution < 1.29 is 0 Å². The van der Waals surface area contributed by atoms with Crippen molar-refractivity contribution in [1.29, 1.82) is 0 Å². The van der Waals surface area contributed by atoms with Crippen LogP contribution in [0.25, 0.3) is 0 Å². The van der Waals surface area contributed by atoms with Crippen molar-refractivity contribution >= 4 is 34.8 Å². The number of aromatic nitrogens is 1. The largest absolute Gasteiger partial charge is 0.261 e. The first-order chi connectivity index (χ1) is 8.16. The van der Waals surface area contributed by atoms with Gasteiger partial charge in [0.15, 0.2) is 0 Å². The molecule has 88 valence electrons. The van der Waals surface area contributed by atoms with E-state index in [1.54, 1.807) is 18.3 Å². The Bertz CT molecular complexity index is 499. The van der Waals surface area contributed by atoms with E-state index in [1.807, 2.05) is 24.3 Å². The summed E-state index contributed by atoms with van der Waals surface area (Å²) in [6, 6.07) is 11.2. The molecule has 0 N–H and O–H groups in total. The molecule has 0 bridgehead atoms. The number of alkyl halides is 1. The van der Waals surface area contributed by atoms with Crippen LogP contribution in [0.2, 0.25) is 10.0 Å². The van der Waals surface area contributed by atoms with Crippen LogP contribution in [-0.2, 0) is 6.42 Å². The predicted octanol–water partition coefficient (Wildman–Crippen LogP) is 4.91. The van der Waals surface area contributed by atoms with Gasteiger partial charge in [0, 0.05) is 18.3 Å². The van der Waals surface area contributed by atoms with Crippen molar-refractivity contribution in [2.45, 2.75) is 11.8 Å². The molecule has 0 radical (unpaired) electrons. The van der Waals surface area contributed by atoms with E-state index in [9.17, 15) is 0 Å². The van der Waals surface area contributed by atoms with Crippen molar-refractivity contribution in [2.75, 3.05) is 0 Å². The Kier molecular flexibility index (Phi) is 4.27.